The van der Waals surface area contributed by atoms with Crippen LogP contribution in [-0.2, 0) is 0 Å². The Kier molecular flexibility index (Phi) is 3.54. The number of H-pyrrole nitrogens is 1. The lowest BCUT2D eigenvalue weighted by molar-refractivity contribution is 0.534. The van der Waals surface area contributed by atoms with Crippen molar-refractivity contribution in [3.8, 4) is 11.3 Å². The molecule has 3 N–H and O–H groups in total. The second kappa shape index (κ2) is 5.72. The molecule has 3 aromatic rings. The van der Waals surface area contributed by atoms with E-state index in [-0.39, 0.29) is 12.2 Å². The highest BCUT2D eigenvalue weighted by molar-refractivity contribution is 5.91. The van der Waals surface area contributed by atoms with Crippen LogP contribution in [0.25, 0.3) is 27.9 Å². The Balaban J connectivity index is 1.87. The first kappa shape index (κ1) is 14.8. The highest BCUT2D eigenvalue weighted by atomic mass is 15.3. The van der Waals surface area contributed by atoms with E-state index in [0.29, 0.717) is 6.42 Å². The fourth-order valence-corrected chi connectivity index (χ4v) is 2.96. The van der Waals surface area contributed by atoms with Crippen LogP contribution in [0.2, 0.25) is 0 Å². The van der Waals surface area contributed by atoms with E-state index in [1.54, 1.807) is 6.21 Å². The van der Waals surface area contributed by atoms with Crippen molar-refractivity contribution in [2.24, 2.45) is 10.7 Å². The van der Waals surface area contributed by atoms with E-state index < -0.39 is 0 Å². The lowest BCUT2D eigenvalue weighted by Crippen LogP contribution is -2.19. The molecule has 122 valence electrons. The van der Waals surface area contributed by atoms with E-state index in [4.69, 9.17) is 10.8 Å². The smallest absolute Gasteiger partial charge is 0.137 e. The van der Waals surface area contributed by atoms with Crippen LogP contribution in [0.1, 0.15) is 31.9 Å². The molecular weight excluding hydrogens is 300 g/mol. The molecule has 0 spiro atoms. The summed E-state index contributed by atoms with van der Waals surface area (Å²) in [6, 6.07) is 4.42. The number of aromatic amines is 1. The molecule has 1 atom stereocenters. The van der Waals surface area contributed by atoms with Gasteiger partial charge in [0.05, 0.1) is 0 Å². The van der Waals surface area contributed by atoms with E-state index in [9.17, 15) is 0 Å². The van der Waals surface area contributed by atoms with Gasteiger partial charge in [-0.15, -0.1) is 0 Å². The number of fused-ring (bicyclic) bond motifs is 1. The van der Waals surface area contributed by atoms with Gasteiger partial charge in [0.2, 0.25) is 0 Å². The van der Waals surface area contributed by atoms with E-state index in [1.807, 2.05) is 29.2 Å². The third kappa shape index (κ3) is 2.55. The molecule has 0 aliphatic carbocycles. The largest absolute Gasteiger partial charge is 0.346 e. The Morgan fingerprint density at radius 2 is 2.25 bits per heavy atom. The number of nitrogens with one attached hydrogen (secondary N) is 1. The van der Waals surface area contributed by atoms with Crippen LogP contribution in [0, 0.1) is 0 Å². The molecule has 0 aromatic carbocycles. The van der Waals surface area contributed by atoms with Crippen molar-refractivity contribution in [3.05, 3.63) is 42.4 Å². The first-order chi connectivity index (χ1) is 11.6. The van der Waals surface area contributed by atoms with Crippen molar-refractivity contribution < 1.29 is 0 Å². The van der Waals surface area contributed by atoms with Gasteiger partial charge in [-0.1, -0.05) is 0 Å². The van der Waals surface area contributed by atoms with Crippen molar-refractivity contribution in [2.45, 2.75) is 32.5 Å². The Morgan fingerprint density at radius 1 is 1.38 bits per heavy atom. The Morgan fingerprint density at radius 3 is 3.04 bits per heavy atom. The predicted molar refractivity (Wildman–Crippen MR) is 96.8 cm³/mol. The molecule has 0 amide bonds. The summed E-state index contributed by atoms with van der Waals surface area (Å²) in [7, 11) is 0. The minimum atomic E-state index is -0.189. The maximum absolute atomic E-state index is 6.00. The molecule has 0 fully saturated rings. The first-order valence-corrected chi connectivity index (χ1v) is 8.13. The van der Waals surface area contributed by atoms with Gasteiger partial charge < -0.3 is 10.7 Å². The molecule has 4 rings (SSSR count). The number of hydrogen-bond donors (Lipinski definition) is 2. The molecular formula is C18H20N6. The monoisotopic (exact) mass is 320 g/mol. The zero-order valence-electron chi connectivity index (χ0n) is 13.8. The Bertz CT molecular complexity index is 943. The second-order valence-electron chi connectivity index (χ2n) is 6.37. The molecule has 24 heavy (non-hydrogen) atoms. The van der Waals surface area contributed by atoms with Crippen LogP contribution in [-0.4, -0.2) is 32.1 Å². The molecule has 6 heteroatoms. The number of nitrogens with two attached hydrogens (primary N) is 1. The van der Waals surface area contributed by atoms with Gasteiger partial charge in [-0.2, -0.15) is 5.10 Å². The summed E-state index contributed by atoms with van der Waals surface area (Å²) in [6.45, 7) is 4.24. The van der Waals surface area contributed by atoms with Gasteiger partial charge in [0.15, 0.2) is 0 Å². The number of pyridine rings is 1. The zero-order chi connectivity index (χ0) is 16.7. The molecule has 3 aromatic heterocycles. The molecule has 1 unspecified atom stereocenters. The number of nitrogens with zero attached hydrogens (tertiary/aromatic N) is 4. The highest BCUT2D eigenvalue weighted by Crippen LogP contribution is 2.32. The summed E-state index contributed by atoms with van der Waals surface area (Å²) in [5, 5.41) is 5.89. The maximum Gasteiger partial charge on any atom is 0.137 e. The van der Waals surface area contributed by atoms with Gasteiger partial charge in [0, 0.05) is 53.8 Å². The van der Waals surface area contributed by atoms with E-state index in [0.717, 1.165) is 33.4 Å². The lowest BCUT2D eigenvalue weighted by Gasteiger charge is -2.14. The van der Waals surface area contributed by atoms with Gasteiger partial charge in [0.1, 0.15) is 17.5 Å². The molecule has 4 heterocycles. The average molecular weight is 320 g/mol. The third-order valence-corrected chi connectivity index (χ3v) is 4.26. The van der Waals surface area contributed by atoms with Crippen LogP contribution in [0.3, 0.4) is 0 Å². The molecule has 1 aliphatic heterocycles. The van der Waals surface area contributed by atoms with Crippen LogP contribution in [0.15, 0.2) is 41.8 Å². The summed E-state index contributed by atoms with van der Waals surface area (Å²) in [5.74, 6) is 0. The zero-order valence-corrected chi connectivity index (χ0v) is 13.8. The maximum atomic E-state index is 6.00. The van der Waals surface area contributed by atoms with Crippen LogP contribution < -0.4 is 5.73 Å². The van der Waals surface area contributed by atoms with Crippen LogP contribution in [0.4, 0.5) is 0 Å². The van der Waals surface area contributed by atoms with Crippen molar-refractivity contribution in [1.29, 1.82) is 0 Å². The first-order valence-electron chi connectivity index (χ1n) is 8.13. The summed E-state index contributed by atoms with van der Waals surface area (Å²) < 4.78 is 1.99. The van der Waals surface area contributed by atoms with E-state index in [2.05, 4.69) is 41.1 Å². The van der Waals surface area contributed by atoms with Crippen molar-refractivity contribution in [1.82, 2.24) is 19.7 Å². The summed E-state index contributed by atoms with van der Waals surface area (Å²) in [4.78, 5) is 11.8. The summed E-state index contributed by atoms with van der Waals surface area (Å²) >= 11 is 0. The second-order valence-corrected chi connectivity index (χ2v) is 6.37. The highest BCUT2D eigenvalue weighted by Gasteiger charge is 2.19. The number of rotatable bonds is 3. The van der Waals surface area contributed by atoms with E-state index >= 15 is 0 Å². The molecule has 6 nitrogen and oxygen atoms in total. The standard InChI is InChI=1S/C18H20N6/c1-11(2)24-10-15(12-3-5-20-16(19)8-12)17(23-24)14-7-13-4-6-21-18(13)22-9-14/h3-7,9-11,16H,8,19H2,1-2H3,(H,21,22). The number of hydrogen-bond acceptors (Lipinski definition) is 4. The van der Waals surface area contributed by atoms with Gasteiger partial charge in [-0.05, 0) is 37.6 Å². The summed E-state index contributed by atoms with van der Waals surface area (Å²) in [5.41, 5.74) is 11.1. The number of aromatic nitrogens is 4. The molecule has 0 saturated heterocycles. The van der Waals surface area contributed by atoms with Crippen molar-refractivity contribution in [2.75, 3.05) is 0 Å². The minimum Gasteiger partial charge on any atom is -0.346 e. The van der Waals surface area contributed by atoms with E-state index in [1.165, 1.54) is 0 Å². The lowest BCUT2D eigenvalue weighted by atomic mass is 9.97. The summed E-state index contributed by atoms with van der Waals surface area (Å²) in [6.07, 6.45) is 10.2. The molecule has 0 radical (unpaired) electrons. The topological polar surface area (TPSA) is 84.9 Å². The minimum absolute atomic E-state index is 0.189. The fraction of sp³-hybridized carbons (Fsp3) is 0.278. The Hall–Kier alpha value is -2.73. The third-order valence-electron chi connectivity index (χ3n) is 4.26. The normalized spacial score (nSPS) is 17.7. The van der Waals surface area contributed by atoms with Gasteiger partial charge in [-0.25, -0.2) is 4.98 Å². The quantitative estimate of drug-likeness (QED) is 0.777. The number of allylic oxidation sites excluding steroid dienone is 1. The predicted octanol–water partition coefficient (Wildman–Crippen LogP) is 3.15. The van der Waals surface area contributed by atoms with Crippen molar-refractivity contribution >= 4 is 22.8 Å². The SMILES string of the molecule is CC(C)n1cc(C2=CC=NC(N)C2)c(-c2cnc3[nH]ccc3c2)n1. The van der Waals surface area contributed by atoms with Gasteiger partial charge >= 0.3 is 0 Å². The van der Waals surface area contributed by atoms with Gasteiger partial charge in [-0.3, -0.25) is 9.67 Å². The molecule has 1 aliphatic rings. The fourth-order valence-electron chi connectivity index (χ4n) is 2.96. The van der Waals surface area contributed by atoms with Gasteiger partial charge in [0.25, 0.3) is 0 Å². The van der Waals surface area contributed by atoms with Crippen LogP contribution >= 0.6 is 0 Å². The molecule has 0 bridgehead atoms. The van der Waals surface area contributed by atoms with Crippen molar-refractivity contribution in [3.63, 3.8) is 0 Å². The number of dihydropyridines is 1. The molecule has 0 saturated carbocycles. The Labute approximate surface area is 140 Å². The number of aliphatic imine (C=N–C) groups is 1. The van der Waals surface area contributed by atoms with Crippen LogP contribution in [0.5, 0.6) is 0 Å². The average Bonchev–Trinajstić information content (AvgIpc) is 3.21.